The number of hydrogen-bond donors (Lipinski definition) is 0. The first-order valence-corrected chi connectivity index (χ1v) is 18.9. The highest BCUT2D eigenvalue weighted by Gasteiger charge is 2.20. The molecule has 4 aromatic heterocycles. The third-order valence-corrected chi connectivity index (χ3v) is 12.2. The maximum atomic E-state index is 5.24. The molecule has 0 fully saturated rings. The van der Waals surface area contributed by atoms with E-state index in [2.05, 4.69) is 140 Å². The molecule has 52 heavy (non-hydrogen) atoms. The predicted octanol–water partition coefficient (Wildman–Crippen LogP) is 13.0. The molecule has 11 aromatic rings. The molecule has 7 aromatic carbocycles. The Balaban J connectivity index is 1.17. The summed E-state index contributed by atoms with van der Waals surface area (Å²) >= 11 is 3.63. The van der Waals surface area contributed by atoms with Crippen molar-refractivity contribution < 1.29 is 0 Å². The van der Waals surface area contributed by atoms with Crippen molar-refractivity contribution in [2.75, 3.05) is 0 Å². The molecule has 4 heterocycles. The Morgan fingerprint density at radius 1 is 0.346 bits per heavy atom. The second kappa shape index (κ2) is 11.6. The van der Waals surface area contributed by atoms with Gasteiger partial charge < -0.3 is 0 Å². The zero-order chi connectivity index (χ0) is 34.2. The van der Waals surface area contributed by atoms with Crippen molar-refractivity contribution in [3.8, 4) is 45.4 Å². The molecule has 0 spiro atoms. The van der Waals surface area contributed by atoms with Crippen molar-refractivity contribution in [3.05, 3.63) is 158 Å². The first-order valence-electron chi connectivity index (χ1n) is 17.2. The van der Waals surface area contributed by atoms with Gasteiger partial charge >= 0.3 is 0 Å². The minimum Gasteiger partial charge on any atom is -0.247 e. The van der Waals surface area contributed by atoms with Crippen molar-refractivity contribution in [3.63, 3.8) is 0 Å². The summed E-state index contributed by atoms with van der Waals surface area (Å²) in [5.41, 5.74) is 6.02. The predicted molar refractivity (Wildman–Crippen MR) is 220 cm³/mol. The van der Waals surface area contributed by atoms with E-state index in [9.17, 15) is 0 Å². The lowest BCUT2D eigenvalue weighted by atomic mass is 9.97. The highest BCUT2D eigenvalue weighted by atomic mass is 32.1. The maximum Gasteiger partial charge on any atom is 0.164 e. The van der Waals surface area contributed by atoms with Crippen LogP contribution in [0.25, 0.3) is 107 Å². The fraction of sp³-hybridized carbons (Fsp3) is 0. The summed E-state index contributed by atoms with van der Waals surface area (Å²) in [6.07, 6.45) is 0. The molecule has 11 rings (SSSR count). The second-order valence-corrected chi connectivity index (χ2v) is 15.1. The number of rotatable bonds is 4. The monoisotopic (exact) mass is 698 g/mol. The molecule has 0 saturated carbocycles. The molecule has 0 bridgehead atoms. The van der Waals surface area contributed by atoms with E-state index in [1.54, 1.807) is 11.3 Å². The minimum atomic E-state index is 0.656. The van der Waals surface area contributed by atoms with E-state index < -0.39 is 0 Å². The van der Waals surface area contributed by atoms with Gasteiger partial charge in [-0.2, -0.15) is 0 Å². The highest BCUT2D eigenvalue weighted by molar-refractivity contribution is 7.27. The Morgan fingerprint density at radius 3 is 1.83 bits per heavy atom. The standard InChI is InChI=1S/C46H26N4S2/c1-3-12-27(13-4-1)42-33-24-25-34-40-35(18-11-21-38(40)52-43(34)41(33)32-17-7-9-19-36(32)47-42)46-49-44(28-14-5-2-6-15-28)48-45(50-46)29-22-23-31-30-16-8-10-20-37(30)51-39(31)26-29/h1-26H. The van der Waals surface area contributed by atoms with E-state index in [4.69, 9.17) is 19.9 Å². The maximum absolute atomic E-state index is 5.24. The van der Waals surface area contributed by atoms with Gasteiger partial charge in [-0.3, -0.25) is 0 Å². The van der Waals surface area contributed by atoms with E-state index in [1.807, 2.05) is 29.5 Å². The molecule has 242 valence electrons. The third kappa shape index (κ3) is 4.58. The zero-order valence-corrected chi connectivity index (χ0v) is 29.2. The van der Waals surface area contributed by atoms with Crippen LogP contribution in [0.15, 0.2) is 158 Å². The van der Waals surface area contributed by atoms with Gasteiger partial charge in [-0.15, -0.1) is 22.7 Å². The van der Waals surface area contributed by atoms with E-state index in [1.165, 1.54) is 40.3 Å². The summed E-state index contributed by atoms with van der Waals surface area (Å²) in [6.45, 7) is 0. The molecule has 0 N–H and O–H groups in total. The summed E-state index contributed by atoms with van der Waals surface area (Å²) in [5.74, 6) is 1.98. The normalized spacial score (nSPS) is 11.8. The van der Waals surface area contributed by atoms with Crippen LogP contribution in [0, 0.1) is 0 Å². The summed E-state index contributed by atoms with van der Waals surface area (Å²) in [5, 5.41) is 8.40. The van der Waals surface area contributed by atoms with Crippen LogP contribution in [0.4, 0.5) is 0 Å². The van der Waals surface area contributed by atoms with Crippen molar-refractivity contribution in [1.29, 1.82) is 0 Å². The largest absolute Gasteiger partial charge is 0.247 e. The van der Waals surface area contributed by atoms with E-state index in [-0.39, 0.29) is 0 Å². The van der Waals surface area contributed by atoms with Crippen LogP contribution in [-0.2, 0) is 0 Å². The average molecular weight is 699 g/mol. The van der Waals surface area contributed by atoms with Gasteiger partial charge in [0.15, 0.2) is 17.5 Å². The van der Waals surface area contributed by atoms with Crippen LogP contribution in [0.3, 0.4) is 0 Å². The van der Waals surface area contributed by atoms with Gasteiger partial charge in [-0.1, -0.05) is 133 Å². The number of nitrogens with zero attached hydrogens (tertiary/aromatic N) is 4. The molecule has 0 aliphatic heterocycles. The molecule has 0 atom stereocenters. The number of benzene rings is 7. The van der Waals surface area contributed by atoms with Crippen molar-refractivity contribution >= 4 is 84.7 Å². The number of pyridine rings is 1. The molecule has 0 aliphatic rings. The SMILES string of the molecule is c1ccc(-c2nc(-c3ccc4c(c3)sc3ccccc34)nc(-c3cccc4sc5c(ccc6c(-c7ccccc7)nc7ccccc7c65)c34)n2)cc1. The third-order valence-electron chi connectivity index (χ3n) is 9.92. The van der Waals surface area contributed by atoms with Gasteiger partial charge in [0.05, 0.1) is 11.2 Å². The molecule has 0 radical (unpaired) electrons. The van der Waals surface area contributed by atoms with Crippen LogP contribution in [-0.4, -0.2) is 19.9 Å². The topological polar surface area (TPSA) is 51.6 Å². The fourth-order valence-corrected chi connectivity index (χ4v) is 9.96. The van der Waals surface area contributed by atoms with Gasteiger partial charge in [0.25, 0.3) is 0 Å². The molecular formula is C46H26N4S2. The molecule has 0 amide bonds. The van der Waals surface area contributed by atoms with Crippen molar-refractivity contribution in [2.45, 2.75) is 0 Å². The van der Waals surface area contributed by atoms with Crippen LogP contribution >= 0.6 is 22.7 Å². The molecule has 0 saturated heterocycles. The molecule has 6 heteroatoms. The summed E-state index contributed by atoms with van der Waals surface area (Å²) in [4.78, 5) is 20.7. The highest BCUT2D eigenvalue weighted by Crippen LogP contribution is 2.46. The second-order valence-electron chi connectivity index (χ2n) is 13.0. The summed E-state index contributed by atoms with van der Waals surface area (Å²) < 4.78 is 4.93. The van der Waals surface area contributed by atoms with Crippen LogP contribution in [0.1, 0.15) is 0 Å². The Hall–Kier alpha value is -6.34. The summed E-state index contributed by atoms with van der Waals surface area (Å²) in [6, 6.07) is 55.4. The van der Waals surface area contributed by atoms with Crippen LogP contribution in [0.5, 0.6) is 0 Å². The molecule has 0 unspecified atom stereocenters. The van der Waals surface area contributed by atoms with Crippen molar-refractivity contribution in [1.82, 2.24) is 19.9 Å². The Kier molecular flexibility index (Phi) is 6.56. The number of hydrogen-bond acceptors (Lipinski definition) is 6. The van der Waals surface area contributed by atoms with Gasteiger partial charge in [-0.25, -0.2) is 19.9 Å². The number of fused-ring (bicyclic) bond motifs is 10. The Labute approximate surface area is 306 Å². The van der Waals surface area contributed by atoms with E-state index in [0.717, 1.165) is 49.6 Å². The molecular weight excluding hydrogens is 673 g/mol. The lowest BCUT2D eigenvalue weighted by Gasteiger charge is -2.11. The van der Waals surface area contributed by atoms with Gasteiger partial charge in [0.2, 0.25) is 0 Å². The van der Waals surface area contributed by atoms with Crippen LogP contribution < -0.4 is 0 Å². The van der Waals surface area contributed by atoms with E-state index in [0.29, 0.717) is 17.5 Å². The van der Waals surface area contributed by atoms with E-state index >= 15 is 0 Å². The Bertz CT molecular complexity index is 3180. The quantitative estimate of drug-likeness (QED) is 0.172. The first kappa shape index (κ1) is 29.4. The smallest absolute Gasteiger partial charge is 0.164 e. The Morgan fingerprint density at radius 2 is 0.981 bits per heavy atom. The molecule has 4 nitrogen and oxygen atoms in total. The fourth-order valence-electron chi connectivity index (χ4n) is 7.53. The zero-order valence-electron chi connectivity index (χ0n) is 27.6. The van der Waals surface area contributed by atoms with Gasteiger partial charge in [0.1, 0.15) is 0 Å². The van der Waals surface area contributed by atoms with Crippen molar-refractivity contribution in [2.24, 2.45) is 0 Å². The molecule has 0 aliphatic carbocycles. The van der Waals surface area contributed by atoms with Gasteiger partial charge in [-0.05, 0) is 24.3 Å². The number of para-hydroxylation sites is 1. The lowest BCUT2D eigenvalue weighted by Crippen LogP contribution is -2.00. The number of aromatic nitrogens is 4. The number of thiophene rings is 2. The first-order chi connectivity index (χ1) is 25.8. The average Bonchev–Trinajstić information content (AvgIpc) is 3.79. The lowest BCUT2D eigenvalue weighted by molar-refractivity contribution is 1.08. The van der Waals surface area contributed by atoms with Crippen LogP contribution in [0.2, 0.25) is 0 Å². The minimum absolute atomic E-state index is 0.656. The van der Waals surface area contributed by atoms with Gasteiger partial charge in [0, 0.05) is 78.8 Å². The summed E-state index contributed by atoms with van der Waals surface area (Å²) in [7, 11) is 0.